The minimum absolute atomic E-state index is 0.331. The Kier molecular flexibility index (Phi) is 6.93. The van der Waals surface area contributed by atoms with Crippen LogP contribution in [0.1, 0.15) is 6.92 Å². The van der Waals surface area contributed by atoms with Gasteiger partial charge in [-0.2, -0.15) is 0 Å². The number of nitrogens with one attached hydrogen (secondary N) is 1. The van der Waals surface area contributed by atoms with Gasteiger partial charge in [-0.1, -0.05) is 34.8 Å². The third kappa shape index (κ3) is 6.46. The maximum Gasteiger partial charge on any atom is 0.344 e. The van der Waals surface area contributed by atoms with E-state index in [2.05, 4.69) is 5.32 Å². The van der Waals surface area contributed by atoms with Gasteiger partial charge in [0, 0.05) is 20.8 Å². The first kappa shape index (κ1) is 19.4. The van der Waals surface area contributed by atoms with Gasteiger partial charge in [0.25, 0.3) is 5.91 Å². The van der Waals surface area contributed by atoms with Gasteiger partial charge in [0.2, 0.25) is 0 Å². The summed E-state index contributed by atoms with van der Waals surface area (Å²) in [6.07, 6.45) is -1.01. The SMILES string of the molecule is CC(OC(=O)COc1ccc(Cl)cc1)C(=O)Nc1cc(Cl)cc(Cl)c1. The number of benzene rings is 2. The van der Waals surface area contributed by atoms with Crippen molar-refractivity contribution in [2.24, 2.45) is 0 Å². The van der Waals surface area contributed by atoms with Crippen LogP contribution in [0.3, 0.4) is 0 Å². The van der Waals surface area contributed by atoms with Crippen molar-refractivity contribution in [1.82, 2.24) is 0 Å². The van der Waals surface area contributed by atoms with Crippen LogP contribution in [0, 0.1) is 0 Å². The lowest BCUT2D eigenvalue weighted by atomic mass is 10.3. The van der Waals surface area contributed by atoms with E-state index in [-0.39, 0.29) is 6.61 Å². The van der Waals surface area contributed by atoms with Crippen molar-refractivity contribution in [3.63, 3.8) is 0 Å². The molecule has 1 amide bonds. The van der Waals surface area contributed by atoms with E-state index in [1.54, 1.807) is 24.3 Å². The molecular formula is C17H14Cl3NO4. The monoisotopic (exact) mass is 401 g/mol. The fourth-order valence-corrected chi connectivity index (χ4v) is 2.48. The Morgan fingerprint density at radius 2 is 1.60 bits per heavy atom. The van der Waals surface area contributed by atoms with Crippen LogP contribution >= 0.6 is 34.8 Å². The molecule has 0 heterocycles. The first-order valence-corrected chi connectivity index (χ1v) is 8.31. The molecular weight excluding hydrogens is 389 g/mol. The standard InChI is InChI=1S/C17H14Cl3NO4/c1-10(17(23)21-14-7-12(19)6-13(20)8-14)25-16(22)9-24-15-4-2-11(18)3-5-15/h2-8,10H,9H2,1H3,(H,21,23). The van der Waals surface area contributed by atoms with Gasteiger partial charge in [-0.25, -0.2) is 4.79 Å². The Balaban J connectivity index is 1.83. The van der Waals surface area contributed by atoms with E-state index in [0.717, 1.165) is 0 Å². The molecule has 0 aliphatic heterocycles. The number of hydrogen-bond acceptors (Lipinski definition) is 4. The average molecular weight is 403 g/mol. The summed E-state index contributed by atoms with van der Waals surface area (Å²) in [5, 5.41) is 3.88. The summed E-state index contributed by atoms with van der Waals surface area (Å²) in [7, 11) is 0. The van der Waals surface area contributed by atoms with E-state index in [1.807, 2.05) is 0 Å². The lowest BCUT2D eigenvalue weighted by molar-refractivity contribution is -0.155. The molecule has 0 aliphatic carbocycles. The molecule has 0 aliphatic rings. The number of carbonyl (C=O) groups excluding carboxylic acids is 2. The van der Waals surface area contributed by atoms with Crippen molar-refractivity contribution in [3.8, 4) is 5.75 Å². The maximum atomic E-state index is 12.1. The van der Waals surface area contributed by atoms with Crippen molar-refractivity contribution in [1.29, 1.82) is 0 Å². The quantitative estimate of drug-likeness (QED) is 0.717. The van der Waals surface area contributed by atoms with E-state index in [4.69, 9.17) is 44.3 Å². The number of hydrogen-bond donors (Lipinski definition) is 1. The van der Waals surface area contributed by atoms with Crippen molar-refractivity contribution >= 4 is 52.4 Å². The van der Waals surface area contributed by atoms with E-state index >= 15 is 0 Å². The summed E-state index contributed by atoms with van der Waals surface area (Å²) in [6.45, 7) is 1.12. The molecule has 2 aromatic carbocycles. The van der Waals surface area contributed by atoms with E-state index in [1.165, 1.54) is 25.1 Å². The average Bonchev–Trinajstić information content (AvgIpc) is 2.53. The van der Waals surface area contributed by atoms with Gasteiger partial charge >= 0.3 is 5.97 Å². The molecule has 0 bridgehead atoms. The molecule has 1 atom stereocenters. The molecule has 5 nitrogen and oxygen atoms in total. The van der Waals surface area contributed by atoms with Gasteiger partial charge < -0.3 is 14.8 Å². The van der Waals surface area contributed by atoms with Crippen LogP contribution in [0.4, 0.5) is 5.69 Å². The van der Waals surface area contributed by atoms with Gasteiger partial charge in [-0.15, -0.1) is 0 Å². The number of carbonyl (C=O) groups is 2. The molecule has 8 heteroatoms. The topological polar surface area (TPSA) is 64.6 Å². The van der Waals surface area contributed by atoms with Crippen LogP contribution in [0.2, 0.25) is 15.1 Å². The first-order valence-electron chi connectivity index (χ1n) is 7.18. The second-order valence-corrected chi connectivity index (χ2v) is 6.33. The fraction of sp³-hybridized carbons (Fsp3) is 0.176. The zero-order valence-electron chi connectivity index (χ0n) is 13.1. The highest BCUT2D eigenvalue weighted by molar-refractivity contribution is 6.35. The fourth-order valence-electron chi connectivity index (χ4n) is 1.83. The number of esters is 1. The van der Waals surface area contributed by atoms with Gasteiger partial charge in [-0.05, 0) is 49.4 Å². The van der Waals surface area contributed by atoms with Crippen LogP contribution in [0.15, 0.2) is 42.5 Å². The van der Waals surface area contributed by atoms with Gasteiger partial charge in [0.05, 0.1) is 0 Å². The van der Waals surface area contributed by atoms with Crippen LogP contribution in [0.5, 0.6) is 5.75 Å². The Hall–Kier alpha value is -1.95. The van der Waals surface area contributed by atoms with E-state index in [9.17, 15) is 9.59 Å². The summed E-state index contributed by atoms with van der Waals surface area (Å²) < 4.78 is 10.3. The second-order valence-electron chi connectivity index (χ2n) is 5.02. The van der Waals surface area contributed by atoms with Crippen LogP contribution < -0.4 is 10.1 Å². The lowest BCUT2D eigenvalue weighted by Crippen LogP contribution is -2.31. The Morgan fingerprint density at radius 1 is 1.00 bits per heavy atom. The van der Waals surface area contributed by atoms with Crippen LogP contribution in [-0.4, -0.2) is 24.6 Å². The molecule has 0 aromatic heterocycles. The highest BCUT2D eigenvalue weighted by atomic mass is 35.5. The first-order chi connectivity index (χ1) is 11.8. The van der Waals surface area contributed by atoms with Crippen LogP contribution in [0.25, 0.3) is 0 Å². The highest BCUT2D eigenvalue weighted by Crippen LogP contribution is 2.22. The molecule has 25 heavy (non-hydrogen) atoms. The van der Waals surface area contributed by atoms with Crippen molar-refractivity contribution < 1.29 is 19.1 Å². The minimum Gasteiger partial charge on any atom is -0.482 e. The molecule has 2 rings (SSSR count). The van der Waals surface area contributed by atoms with E-state index < -0.39 is 18.0 Å². The predicted molar refractivity (Wildman–Crippen MR) is 97.6 cm³/mol. The Labute approximate surface area is 159 Å². The summed E-state index contributed by atoms with van der Waals surface area (Å²) in [4.78, 5) is 23.8. The van der Waals surface area contributed by atoms with Gasteiger partial charge in [-0.3, -0.25) is 4.79 Å². The normalized spacial score (nSPS) is 11.5. The zero-order chi connectivity index (χ0) is 18.4. The maximum absolute atomic E-state index is 12.1. The molecule has 2 aromatic rings. The predicted octanol–water partition coefficient (Wildman–Crippen LogP) is 4.60. The number of ether oxygens (including phenoxy) is 2. The Bertz CT molecular complexity index is 745. The third-order valence-electron chi connectivity index (χ3n) is 2.98. The van der Waals surface area contributed by atoms with Crippen LogP contribution in [-0.2, 0) is 14.3 Å². The largest absolute Gasteiger partial charge is 0.482 e. The number of anilines is 1. The van der Waals surface area contributed by atoms with Crippen molar-refractivity contribution in [2.45, 2.75) is 13.0 Å². The molecule has 0 saturated heterocycles. The van der Waals surface area contributed by atoms with Crippen molar-refractivity contribution in [3.05, 3.63) is 57.5 Å². The van der Waals surface area contributed by atoms with E-state index in [0.29, 0.717) is 26.5 Å². The number of rotatable bonds is 6. The molecule has 0 fully saturated rings. The van der Waals surface area contributed by atoms with Crippen molar-refractivity contribution in [2.75, 3.05) is 11.9 Å². The highest BCUT2D eigenvalue weighted by Gasteiger charge is 2.18. The third-order valence-corrected chi connectivity index (χ3v) is 3.67. The molecule has 1 N–H and O–H groups in total. The summed E-state index contributed by atoms with van der Waals surface area (Å²) >= 11 is 17.5. The summed E-state index contributed by atoms with van der Waals surface area (Å²) in [5.41, 5.74) is 0.405. The summed E-state index contributed by atoms with van der Waals surface area (Å²) in [6, 6.07) is 11.1. The molecule has 0 spiro atoms. The number of amides is 1. The summed E-state index contributed by atoms with van der Waals surface area (Å²) in [5.74, 6) is -0.730. The molecule has 132 valence electrons. The zero-order valence-corrected chi connectivity index (χ0v) is 15.4. The molecule has 0 radical (unpaired) electrons. The van der Waals surface area contributed by atoms with Gasteiger partial charge in [0.15, 0.2) is 12.7 Å². The minimum atomic E-state index is -1.01. The molecule has 0 saturated carbocycles. The second kappa shape index (κ2) is 8.94. The Morgan fingerprint density at radius 3 is 2.20 bits per heavy atom. The van der Waals surface area contributed by atoms with Gasteiger partial charge in [0.1, 0.15) is 5.75 Å². The smallest absolute Gasteiger partial charge is 0.344 e. The number of halogens is 3. The lowest BCUT2D eigenvalue weighted by Gasteiger charge is -2.14. The molecule has 1 unspecified atom stereocenters.